The molecule has 0 radical (unpaired) electrons. The second kappa shape index (κ2) is 7.81. The smallest absolute Gasteiger partial charge is 0.353 e. The van der Waals surface area contributed by atoms with Crippen molar-refractivity contribution in [2.45, 2.75) is 25.8 Å². The van der Waals surface area contributed by atoms with Gasteiger partial charge in [0.1, 0.15) is 10.4 Å². The van der Waals surface area contributed by atoms with Crippen LogP contribution in [0.3, 0.4) is 0 Å². The molecule has 8 nitrogen and oxygen atoms in total. The molecule has 3 rings (SSSR count). The summed E-state index contributed by atoms with van der Waals surface area (Å²) in [6, 6.07) is 7.66. The largest absolute Gasteiger partial charge is 0.493 e. The zero-order valence-corrected chi connectivity index (χ0v) is 16.4. The lowest BCUT2D eigenvalue weighted by molar-refractivity contribution is -0.130. The van der Waals surface area contributed by atoms with Gasteiger partial charge in [-0.15, -0.1) is 16.3 Å². The van der Waals surface area contributed by atoms with Gasteiger partial charge < -0.3 is 14.8 Å². The second-order valence-corrected chi connectivity index (χ2v) is 7.20. The summed E-state index contributed by atoms with van der Waals surface area (Å²) in [5, 5.41) is 9.21. The Balaban J connectivity index is 1.77. The Morgan fingerprint density at radius 3 is 2.71 bits per heavy atom. The van der Waals surface area contributed by atoms with Crippen molar-refractivity contribution < 1.29 is 23.9 Å². The third kappa shape index (κ3) is 3.74. The minimum Gasteiger partial charge on any atom is -0.493 e. The van der Waals surface area contributed by atoms with Crippen molar-refractivity contribution in [1.29, 1.82) is 0 Å². The summed E-state index contributed by atoms with van der Waals surface area (Å²) in [5.41, 5.74) is -0.384. The predicted octanol–water partition coefficient (Wildman–Crippen LogP) is 3.03. The fourth-order valence-corrected chi connectivity index (χ4v) is 3.13. The van der Waals surface area contributed by atoms with Crippen molar-refractivity contribution in [3.05, 3.63) is 46.2 Å². The highest BCUT2D eigenvalue weighted by atomic mass is 32.1. The number of ether oxygens (including phenoxy) is 2. The number of carbonyl (C=O) groups excluding carboxylic acids is 3. The number of amides is 3. The molecule has 1 aliphatic rings. The number of thiophene rings is 1. The van der Waals surface area contributed by atoms with Crippen LogP contribution in [0, 0.1) is 0 Å². The molecule has 3 amide bonds. The number of esters is 1. The predicted molar refractivity (Wildman–Crippen MR) is 104 cm³/mol. The molecule has 1 fully saturated rings. The fourth-order valence-electron chi connectivity index (χ4n) is 2.53. The Hall–Kier alpha value is -3.20. The van der Waals surface area contributed by atoms with E-state index in [4.69, 9.17) is 9.47 Å². The van der Waals surface area contributed by atoms with Crippen LogP contribution in [0.5, 0.6) is 11.5 Å². The number of methoxy groups -OCH3 is 1. The first-order valence-corrected chi connectivity index (χ1v) is 9.40. The molecule has 28 heavy (non-hydrogen) atoms. The maximum atomic E-state index is 12.3. The second-order valence-electron chi connectivity index (χ2n) is 6.25. The van der Waals surface area contributed by atoms with E-state index in [9.17, 15) is 14.4 Å². The number of hydrogen-bond donors (Lipinski definition) is 1. The molecule has 1 atom stereocenters. The number of benzene rings is 1. The number of urea groups is 1. The number of nitrogens with one attached hydrogen (secondary N) is 1. The average molecular weight is 401 g/mol. The van der Waals surface area contributed by atoms with Crippen LogP contribution in [0.1, 0.15) is 35.5 Å². The quantitative estimate of drug-likeness (QED) is 0.347. The molecular weight excluding hydrogens is 382 g/mol. The van der Waals surface area contributed by atoms with Gasteiger partial charge in [-0.25, -0.2) is 9.59 Å². The molecule has 2 aromatic rings. The number of rotatable bonds is 6. The van der Waals surface area contributed by atoms with Gasteiger partial charge in [-0.1, -0.05) is 13.0 Å². The van der Waals surface area contributed by atoms with E-state index in [2.05, 4.69) is 10.4 Å². The van der Waals surface area contributed by atoms with Gasteiger partial charge in [-0.3, -0.25) is 4.79 Å². The summed E-state index contributed by atoms with van der Waals surface area (Å²) in [6.45, 7) is 3.47. The van der Waals surface area contributed by atoms with Gasteiger partial charge in [-0.2, -0.15) is 5.10 Å². The van der Waals surface area contributed by atoms with Gasteiger partial charge in [0.15, 0.2) is 11.5 Å². The van der Waals surface area contributed by atoms with Crippen molar-refractivity contribution in [3.8, 4) is 11.5 Å². The maximum Gasteiger partial charge on any atom is 0.353 e. The summed E-state index contributed by atoms with van der Waals surface area (Å²) in [5.74, 6) is -0.311. The minimum atomic E-state index is -0.952. The first kappa shape index (κ1) is 19.6. The zero-order valence-electron chi connectivity index (χ0n) is 15.6. The van der Waals surface area contributed by atoms with Crippen LogP contribution in [-0.4, -0.2) is 41.8 Å². The van der Waals surface area contributed by atoms with E-state index < -0.39 is 23.4 Å². The van der Waals surface area contributed by atoms with Crippen LogP contribution in [0.15, 0.2) is 40.8 Å². The molecule has 0 unspecified atom stereocenters. The van der Waals surface area contributed by atoms with Crippen LogP contribution in [0.25, 0.3) is 0 Å². The van der Waals surface area contributed by atoms with Crippen molar-refractivity contribution >= 4 is 35.5 Å². The molecule has 146 valence electrons. The van der Waals surface area contributed by atoms with Crippen molar-refractivity contribution in [2.24, 2.45) is 5.10 Å². The van der Waals surface area contributed by atoms with E-state index in [1.165, 1.54) is 24.7 Å². The number of imide groups is 1. The lowest BCUT2D eigenvalue weighted by Gasteiger charge is -2.17. The number of carbonyl (C=O) groups is 3. The molecular formula is C19H19N3O5S. The Morgan fingerprint density at radius 2 is 2.11 bits per heavy atom. The van der Waals surface area contributed by atoms with Crippen molar-refractivity contribution in [1.82, 2.24) is 10.3 Å². The SMILES string of the molecule is CC[C@]1(C)NC(=O)N(N=Cc2ccc(OC(=O)c3cccs3)c(OC)c2)C1=O. The highest BCUT2D eigenvalue weighted by Gasteiger charge is 2.46. The molecule has 9 heteroatoms. The normalized spacial score (nSPS) is 19.2. The van der Waals surface area contributed by atoms with Crippen molar-refractivity contribution in [2.75, 3.05) is 7.11 Å². The average Bonchev–Trinajstić information content (AvgIpc) is 3.29. The van der Waals surface area contributed by atoms with Gasteiger partial charge in [0.25, 0.3) is 5.91 Å². The Kier molecular flexibility index (Phi) is 5.46. The van der Waals surface area contributed by atoms with Crippen LogP contribution in [0.4, 0.5) is 4.79 Å². The third-order valence-electron chi connectivity index (χ3n) is 4.38. The Bertz CT molecular complexity index is 941. The standard InChI is InChI=1S/C19H19N3O5S/c1-4-19(2)17(24)22(18(25)21-19)20-11-12-7-8-13(14(10-12)26-3)27-16(23)15-6-5-9-28-15/h5-11H,4H2,1-3H3,(H,21,25)/t19-/m0/s1. The molecule has 1 N–H and O–H groups in total. The summed E-state index contributed by atoms with van der Waals surface area (Å²) in [7, 11) is 1.45. The van der Waals surface area contributed by atoms with Crippen LogP contribution < -0.4 is 14.8 Å². The number of hydrogen-bond acceptors (Lipinski definition) is 7. The van der Waals surface area contributed by atoms with E-state index in [0.717, 1.165) is 5.01 Å². The molecule has 0 aliphatic carbocycles. The summed E-state index contributed by atoms with van der Waals surface area (Å²) < 4.78 is 10.6. The van der Waals surface area contributed by atoms with E-state index in [-0.39, 0.29) is 5.75 Å². The summed E-state index contributed by atoms with van der Waals surface area (Å²) >= 11 is 1.28. The van der Waals surface area contributed by atoms with E-state index in [1.807, 2.05) is 6.92 Å². The van der Waals surface area contributed by atoms with E-state index in [1.54, 1.807) is 42.6 Å². The third-order valence-corrected chi connectivity index (χ3v) is 5.23. The summed E-state index contributed by atoms with van der Waals surface area (Å²) in [6.07, 6.45) is 1.83. The zero-order chi connectivity index (χ0) is 20.3. The lowest BCUT2D eigenvalue weighted by Crippen LogP contribution is -2.42. The number of nitrogens with zero attached hydrogens (tertiary/aromatic N) is 2. The van der Waals surface area contributed by atoms with Crippen LogP contribution in [0.2, 0.25) is 0 Å². The van der Waals surface area contributed by atoms with Gasteiger partial charge in [0.05, 0.1) is 13.3 Å². The fraction of sp³-hybridized carbons (Fsp3) is 0.263. The molecule has 1 aromatic heterocycles. The van der Waals surface area contributed by atoms with Crippen LogP contribution >= 0.6 is 11.3 Å². The molecule has 2 heterocycles. The molecule has 1 aromatic carbocycles. The Morgan fingerprint density at radius 1 is 1.32 bits per heavy atom. The summed E-state index contributed by atoms with van der Waals surface area (Å²) in [4.78, 5) is 36.9. The topological polar surface area (TPSA) is 97.3 Å². The number of hydrazone groups is 1. The molecule has 1 aliphatic heterocycles. The highest BCUT2D eigenvalue weighted by Crippen LogP contribution is 2.29. The first-order chi connectivity index (χ1) is 13.4. The monoisotopic (exact) mass is 401 g/mol. The molecule has 1 saturated heterocycles. The Labute approximate surface area is 165 Å². The highest BCUT2D eigenvalue weighted by molar-refractivity contribution is 7.12. The van der Waals surface area contributed by atoms with Gasteiger partial charge in [0.2, 0.25) is 0 Å². The maximum absolute atomic E-state index is 12.3. The van der Waals surface area contributed by atoms with Gasteiger partial charge >= 0.3 is 12.0 Å². The lowest BCUT2D eigenvalue weighted by atomic mass is 10.00. The van der Waals surface area contributed by atoms with Gasteiger partial charge in [-0.05, 0) is 48.6 Å². The first-order valence-electron chi connectivity index (χ1n) is 8.52. The van der Waals surface area contributed by atoms with Gasteiger partial charge in [0, 0.05) is 0 Å². The minimum absolute atomic E-state index is 0.256. The van der Waals surface area contributed by atoms with Crippen molar-refractivity contribution in [3.63, 3.8) is 0 Å². The van der Waals surface area contributed by atoms with E-state index in [0.29, 0.717) is 22.6 Å². The molecule has 0 saturated carbocycles. The molecule has 0 spiro atoms. The van der Waals surface area contributed by atoms with E-state index >= 15 is 0 Å². The van der Waals surface area contributed by atoms with Crippen LogP contribution in [-0.2, 0) is 4.79 Å². The molecule has 0 bridgehead atoms.